The van der Waals surface area contributed by atoms with Gasteiger partial charge in [-0.05, 0) is 50.2 Å². The Hall–Kier alpha value is -3.13. The van der Waals surface area contributed by atoms with Crippen LogP contribution in [-0.2, 0) is 9.59 Å². The Kier molecular flexibility index (Phi) is 5.10. The van der Waals surface area contributed by atoms with Crippen LogP contribution >= 0.6 is 11.8 Å². The Balaban J connectivity index is 1.54. The van der Waals surface area contributed by atoms with Crippen molar-refractivity contribution in [3.63, 3.8) is 0 Å². The van der Waals surface area contributed by atoms with E-state index in [1.165, 1.54) is 16.7 Å². The van der Waals surface area contributed by atoms with Gasteiger partial charge in [0, 0.05) is 11.3 Å². The summed E-state index contributed by atoms with van der Waals surface area (Å²) in [5, 5.41) is 2.88. The summed E-state index contributed by atoms with van der Waals surface area (Å²) in [7, 11) is 1.59. The largest absolute Gasteiger partial charge is 0.497 e. The molecule has 1 N–H and O–H groups in total. The second-order valence-corrected chi connectivity index (χ2v) is 8.00. The number of methoxy groups -OCH3 is 1. The maximum absolute atomic E-state index is 12.7. The second kappa shape index (κ2) is 7.71. The Labute approximate surface area is 172 Å². The second-order valence-electron chi connectivity index (χ2n) is 6.69. The van der Waals surface area contributed by atoms with E-state index in [4.69, 9.17) is 4.74 Å². The summed E-state index contributed by atoms with van der Waals surface area (Å²) in [6.07, 6.45) is 0. The molecule has 0 fully saturated rings. The molecule has 0 unspecified atom stereocenters. The minimum Gasteiger partial charge on any atom is -0.497 e. The van der Waals surface area contributed by atoms with E-state index in [-0.39, 0.29) is 11.8 Å². The minimum atomic E-state index is -0.467. The number of nitrogens with one attached hydrogen (secondary N) is 1. The van der Waals surface area contributed by atoms with Crippen molar-refractivity contribution in [1.82, 2.24) is 4.90 Å². The van der Waals surface area contributed by atoms with Crippen LogP contribution in [0.5, 0.6) is 5.75 Å². The summed E-state index contributed by atoms with van der Waals surface area (Å²) in [5.74, 6) is 0.996. The third kappa shape index (κ3) is 3.63. The van der Waals surface area contributed by atoms with E-state index < -0.39 is 11.3 Å². The van der Waals surface area contributed by atoms with Crippen molar-refractivity contribution in [1.29, 1.82) is 0 Å². The van der Waals surface area contributed by atoms with E-state index in [2.05, 4.69) is 15.3 Å². The number of thioether (sulfide) groups is 1. The molecule has 0 radical (unpaired) electrons. The van der Waals surface area contributed by atoms with Gasteiger partial charge in [0.1, 0.15) is 17.6 Å². The van der Waals surface area contributed by atoms with Gasteiger partial charge in [-0.25, -0.2) is 9.89 Å². The van der Waals surface area contributed by atoms with Crippen molar-refractivity contribution in [3.8, 4) is 5.75 Å². The number of carbonyl (C=O) groups excluding carboxylic acids is 2. The molecule has 0 saturated heterocycles. The molecule has 0 spiro atoms. The number of rotatable bonds is 4. The molecule has 2 amide bonds. The number of ether oxygens (including phenoxy) is 1. The Bertz CT molecular complexity index is 1030. The first-order valence-electron chi connectivity index (χ1n) is 9.19. The SMILES string of the molecule is COc1ccc(NC(=O)[C@@H](C)SC2=Nc3ccccc3C3=N[C@@H](C)C(=O)N23)cc1. The molecule has 7 nitrogen and oxygen atoms in total. The maximum Gasteiger partial charge on any atom is 0.258 e. The Morgan fingerprint density at radius 3 is 2.66 bits per heavy atom. The van der Waals surface area contributed by atoms with Gasteiger partial charge in [0.2, 0.25) is 5.91 Å². The fourth-order valence-corrected chi connectivity index (χ4v) is 4.00. The molecule has 2 aromatic rings. The van der Waals surface area contributed by atoms with Crippen LogP contribution < -0.4 is 10.1 Å². The number of amides is 2. The number of benzene rings is 2. The molecule has 0 bridgehead atoms. The molecule has 2 atom stereocenters. The van der Waals surface area contributed by atoms with Gasteiger partial charge in [0.15, 0.2) is 5.17 Å². The highest BCUT2D eigenvalue weighted by molar-refractivity contribution is 8.15. The molecule has 0 saturated carbocycles. The number of amidine groups is 2. The summed E-state index contributed by atoms with van der Waals surface area (Å²) in [6, 6.07) is 14.2. The lowest BCUT2D eigenvalue weighted by molar-refractivity contribution is -0.124. The average molecular weight is 408 g/mol. The molecule has 4 rings (SSSR count). The van der Waals surface area contributed by atoms with Crippen molar-refractivity contribution in [2.45, 2.75) is 25.1 Å². The van der Waals surface area contributed by atoms with Gasteiger partial charge in [-0.1, -0.05) is 23.9 Å². The number of anilines is 1. The normalized spacial score (nSPS) is 18.4. The summed E-state index contributed by atoms with van der Waals surface area (Å²) < 4.78 is 5.13. The zero-order chi connectivity index (χ0) is 20.5. The topological polar surface area (TPSA) is 83.4 Å². The lowest BCUT2D eigenvalue weighted by atomic mass is 10.1. The van der Waals surface area contributed by atoms with Crippen LogP contribution in [0.3, 0.4) is 0 Å². The first kappa shape index (κ1) is 19.2. The molecular weight excluding hydrogens is 388 g/mol. The van der Waals surface area contributed by atoms with Gasteiger partial charge in [0.05, 0.1) is 18.0 Å². The number of hydrogen-bond acceptors (Lipinski definition) is 6. The predicted molar refractivity (Wildman–Crippen MR) is 115 cm³/mol. The van der Waals surface area contributed by atoms with E-state index in [0.717, 1.165) is 11.3 Å². The third-order valence-corrected chi connectivity index (χ3v) is 5.72. The molecule has 29 heavy (non-hydrogen) atoms. The van der Waals surface area contributed by atoms with Crippen molar-refractivity contribution in [3.05, 3.63) is 54.1 Å². The summed E-state index contributed by atoms with van der Waals surface area (Å²) in [4.78, 5) is 36.0. The smallest absolute Gasteiger partial charge is 0.258 e. The van der Waals surface area contributed by atoms with E-state index in [1.807, 2.05) is 24.3 Å². The van der Waals surface area contributed by atoms with Crippen molar-refractivity contribution in [2.24, 2.45) is 9.98 Å². The number of hydrogen-bond donors (Lipinski definition) is 1. The molecule has 148 valence electrons. The molecule has 2 aromatic carbocycles. The maximum atomic E-state index is 12.7. The van der Waals surface area contributed by atoms with Crippen molar-refractivity contribution >= 4 is 46.0 Å². The van der Waals surface area contributed by atoms with Gasteiger partial charge < -0.3 is 10.1 Å². The summed E-state index contributed by atoms with van der Waals surface area (Å²) in [5.41, 5.74) is 2.24. The molecular formula is C21H20N4O3S. The zero-order valence-corrected chi connectivity index (χ0v) is 17.1. The van der Waals surface area contributed by atoms with Crippen molar-refractivity contribution < 1.29 is 14.3 Å². The molecule has 8 heteroatoms. The van der Waals surface area contributed by atoms with Crippen LogP contribution in [0, 0.1) is 0 Å². The molecule has 2 aliphatic heterocycles. The van der Waals surface area contributed by atoms with Crippen molar-refractivity contribution in [2.75, 3.05) is 12.4 Å². The van der Waals surface area contributed by atoms with E-state index >= 15 is 0 Å². The molecule has 2 aliphatic rings. The molecule has 2 heterocycles. The van der Waals surface area contributed by atoms with E-state index in [0.29, 0.717) is 22.4 Å². The van der Waals surface area contributed by atoms with Gasteiger partial charge in [0.25, 0.3) is 5.91 Å². The van der Waals surface area contributed by atoms with E-state index in [9.17, 15) is 9.59 Å². The first-order valence-corrected chi connectivity index (χ1v) is 10.1. The highest BCUT2D eigenvalue weighted by Gasteiger charge is 2.40. The average Bonchev–Trinajstić information content (AvgIpc) is 3.03. The van der Waals surface area contributed by atoms with Crippen LogP contribution in [0.1, 0.15) is 19.4 Å². The van der Waals surface area contributed by atoms with Gasteiger partial charge in [-0.2, -0.15) is 0 Å². The lowest BCUT2D eigenvalue weighted by Crippen LogP contribution is -2.41. The van der Waals surface area contributed by atoms with Crippen LogP contribution in [0.15, 0.2) is 58.5 Å². The van der Waals surface area contributed by atoms with Gasteiger partial charge in [-0.15, -0.1) is 0 Å². The zero-order valence-electron chi connectivity index (χ0n) is 16.2. The van der Waals surface area contributed by atoms with Crippen LogP contribution in [0.2, 0.25) is 0 Å². The van der Waals surface area contributed by atoms with Gasteiger partial charge in [-0.3, -0.25) is 14.6 Å². The van der Waals surface area contributed by atoms with E-state index in [1.54, 1.807) is 45.2 Å². The lowest BCUT2D eigenvalue weighted by Gasteiger charge is -2.26. The number of nitrogens with zero attached hydrogens (tertiary/aromatic N) is 3. The molecule has 0 aromatic heterocycles. The predicted octanol–water partition coefficient (Wildman–Crippen LogP) is 3.43. The van der Waals surface area contributed by atoms with Crippen LogP contribution in [0.4, 0.5) is 11.4 Å². The highest BCUT2D eigenvalue weighted by Crippen LogP contribution is 2.34. The van der Waals surface area contributed by atoms with Gasteiger partial charge >= 0.3 is 0 Å². The quantitative estimate of drug-likeness (QED) is 0.840. The Morgan fingerprint density at radius 1 is 1.21 bits per heavy atom. The first-order chi connectivity index (χ1) is 14.0. The summed E-state index contributed by atoms with van der Waals surface area (Å²) in [6.45, 7) is 3.55. The third-order valence-electron chi connectivity index (χ3n) is 4.67. The molecule has 0 aliphatic carbocycles. The van der Waals surface area contributed by atoms with Crippen LogP contribution in [0.25, 0.3) is 0 Å². The summed E-state index contributed by atoms with van der Waals surface area (Å²) >= 11 is 1.24. The number of fused-ring (bicyclic) bond motifs is 3. The Morgan fingerprint density at radius 2 is 1.93 bits per heavy atom. The fourth-order valence-electron chi connectivity index (χ4n) is 3.08. The number of para-hydroxylation sites is 1. The fraction of sp³-hybridized carbons (Fsp3) is 0.238. The standard InChI is InChI=1S/C21H20N4O3S/c1-12-20(27)25-18(22-12)16-6-4-5-7-17(16)24-21(25)29-13(2)19(26)23-14-8-10-15(28-3)11-9-14/h4-13H,1-3H3,(H,23,26)/t12-,13+/m0/s1. The monoisotopic (exact) mass is 408 g/mol. The minimum absolute atomic E-state index is 0.136. The number of carbonyl (C=O) groups is 2. The van der Waals surface area contributed by atoms with Crippen LogP contribution in [-0.4, -0.2) is 46.1 Å². The number of aliphatic imine (C=N–C) groups is 2. The highest BCUT2D eigenvalue weighted by atomic mass is 32.2.